The number of phenols is 1. The van der Waals surface area contributed by atoms with Gasteiger partial charge in [0.1, 0.15) is 5.75 Å². The summed E-state index contributed by atoms with van der Waals surface area (Å²) in [4.78, 5) is 11.6. The molecule has 0 aromatic heterocycles. The van der Waals surface area contributed by atoms with Gasteiger partial charge < -0.3 is 20.2 Å². The Labute approximate surface area is 180 Å². The summed E-state index contributed by atoms with van der Waals surface area (Å²) >= 11 is 0. The highest BCUT2D eigenvalue weighted by molar-refractivity contribution is 14.0. The maximum absolute atomic E-state index is 10.0. The minimum absolute atomic E-state index is 0. The van der Waals surface area contributed by atoms with Crippen molar-refractivity contribution in [2.24, 2.45) is 4.99 Å². The van der Waals surface area contributed by atoms with Crippen LogP contribution in [0, 0.1) is 0 Å². The van der Waals surface area contributed by atoms with Crippen molar-refractivity contribution in [3.8, 4) is 5.75 Å². The highest BCUT2D eigenvalue weighted by Gasteiger charge is 2.22. The summed E-state index contributed by atoms with van der Waals surface area (Å²) in [6.45, 7) is 9.19. The standard InChI is InChI=1S/C20H33N5O.HI/c1-17-7-5-6-11-23(17)12-10-22-20(21-2)25-15-13-24(14-16-25)18-8-3-4-9-19(18)26;/h3-4,8-9,17,26H,5-7,10-16H2,1-2H3,(H,21,22);1H. The number of aliphatic imine (C=N–C) groups is 1. The zero-order valence-corrected chi connectivity index (χ0v) is 18.9. The predicted octanol–water partition coefficient (Wildman–Crippen LogP) is 2.58. The van der Waals surface area contributed by atoms with Crippen LogP contribution in [-0.4, -0.2) is 79.8 Å². The molecule has 1 aromatic rings. The Morgan fingerprint density at radius 3 is 2.56 bits per heavy atom. The first-order valence-electron chi connectivity index (χ1n) is 9.91. The third-order valence-corrected chi connectivity index (χ3v) is 5.64. The van der Waals surface area contributed by atoms with Crippen molar-refractivity contribution in [3.63, 3.8) is 0 Å². The van der Waals surface area contributed by atoms with Crippen molar-refractivity contribution < 1.29 is 5.11 Å². The molecule has 2 fully saturated rings. The second-order valence-electron chi connectivity index (χ2n) is 7.32. The fourth-order valence-electron chi connectivity index (χ4n) is 4.02. The molecule has 0 saturated carbocycles. The number of phenolic OH excluding ortho intramolecular Hbond substituents is 1. The third kappa shape index (κ3) is 5.88. The van der Waals surface area contributed by atoms with Crippen LogP contribution in [0.3, 0.4) is 0 Å². The van der Waals surface area contributed by atoms with Crippen molar-refractivity contribution >= 4 is 35.6 Å². The van der Waals surface area contributed by atoms with E-state index in [2.05, 4.69) is 31.9 Å². The van der Waals surface area contributed by atoms with E-state index in [9.17, 15) is 5.11 Å². The second kappa shape index (κ2) is 10.9. The molecule has 6 nitrogen and oxygen atoms in total. The maximum Gasteiger partial charge on any atom is 0.193 e. The molecule has 2 N–H and O–H groups in total. The molecule has 0 amide bonds. The number of benzene rings is 1. The van der Waals surface area contributed by atoms with Gasteiger partial charge in [0.2, 0.25) is 0 Å². The van der Waals surface area contributed by atoms with Crippen molar-refractivity contribution in [1.29, 1.82) is 0 Å². The topological polar surface area (TPSA) is 54.3 Å². The van der Waals surface area contributed by atoms with Crippen LogP contribution in [0.15, 0.2) is 29.3 Å². The van der Waals surface area contributed by atoms with E-state index in [1.165, 1.54) is 25.8 Å². The molecular weight excluding hydrogens is 453 g/mol. The Kier molecular flexibility index (Phi) is 8.95. The number of anilines is 1. The molecule has 0 aliphatic carbocycles. The van der Waals surface area contributed by atoms with Gasteiger partial charge in [0.15, 0.2) is 5.96 Å². The largest absolute Gasteiger partial charge is 0.506 e. The van der Waals surface area contributed by atoms with Crippen LogP contribution < -0.4 is 10.2 Å². The molecule has 27 heavy (non-hydrogen) atoms. The lowest BCUT2D eigenvalue weighted by atomic mass is 10.0. The average molecular weight is 487 g/mol. The van der Waals surface area contributed by atoms with E-state index in [1.807, 2.05) is 25.2 Å². The number of piperidine rings is 1. The Morgan fingerprint density at radius 1 is 1.15 bits per heavy atom. The second-order valence-corrected chi connectivity index (χ2v) is 7.32. The number of guanidine groups is 1. The van der Waals surface area contributed by atoms with Gasteiger partial charge in [-0.2, -0.15) is 0 Å². The van der Waals surface area contributed by atoms with E-state index >= 15 is 0 Å². The molecule has 0 radical (unpaired) electrons. The number of nitrogens with zero attached hydrogens (tertiary/aromatic N) is 4. The van der Waals surface area contributed by atoms with E-state index in [1.54, 1.807) is 6.07 Å². The number of piperazine rings is 1. The molecule has 1 unspecified atom stereocenters. The van der Waals surface area contributed by atoms with Gasteiger partial charge in [0.25, 0.3) is 0 Å². The zero-order valence-electron chi connectivity index (χ0n) is 16.6. The Morgan fingerprint density at radius 2 is 1.89 bits per heavy atom. The van der Waals surface area contributed by atoms with Gasteiger partial charge in [-0.25, -0.2) is 0 Å². The highest BCUT2D eigenvalue weighted by atomic mass is 127. The summed E-state index contributed by atoms with van der Waals surface area (Å²) in [6.07, 6.45) is 4.02. The number of para-hydroxylation sites is 2. The van der Waals surface area contributed by atoms with E-state index in [0.717, 1.165) is 50.9 Å². The number of hydrogen-bond acceptors (Lipinski definition) is 4. The van der Waals surface area contributed by atoms with Gasteiger partial charge >= 0.3 is 0 Å². The molecule has 2 saturated heterocycles. The maximum atomic E-state index is 10.0. The highest BCUT2D eigenvalue weighted by Crippen LogP contribution is 2.27. The first kappa shape index (κ1) is 22.1. The fourth-order valence-corrected chi connectivity index (χ4v) is 4.02. The van der Waals surface area contributed by atoms with Gasteiger partial charge in [0.05, 0.1) is 5.69 Å². The van der Waals surface area contributed by atoms with Crippen molar-refractivity contribution in [1.82, 2.24) is 15.1 Å². The summed E-state index contributed by atoms with van der Waals surface area (Å²) in [6, 6.07) is 8.28. The van der Waals surface area contributed by atoms with Crippen molar-refractivity contribution in [2.45, 2.75) is 32.2 Å². The Hall–Kier alpha value is -1.22. The SMILES string of the molecule is CN=C(NCCN1CCCCC1C)N1CCN(c2ccccc2O)CC1.I. The van der Waals surface area contributed by atoms with E-state index < -0.39 is 0 Å². The third-order valence-electron chi connectivity index (χ3n) is 5.64. The summed E-state index contributed by atoms with van der Waals surface area (Å²) in [7, 11) is 1.86. The molecule has 3 rings (SSSR count). The Balaban J connectivity index is 0.00000261. The molecule has 2 aliphatic heterocycles. The zero-order chi connectivity index (χ0) is 18.4. The van der Waals surface area contributed by atoms with E-state index in [-0.39, 0.29) is 24.0 Å². The van der Waals surface area contributed by atoms with E-state index in [0.29, 0.717) is 11.8 Å². The van der Waals surface area contributed by atoms with Gasteiger partial charge in [-0.05, 0) is 38.4 Å². The molecule has 1 atom stereocenters. The van der Waals surface area contributed by atoms with Gasteiger partial charge in [-0.15, -0.1) is 24.0 Å². The van der Waals surface area contributed by atoms with Crippen molar-refractivity contribution in [3.05, 3.63) is 24.3 Å². The first-order chi connectivity index (χ1) is 12.7. The predicted molar refractivity (Wildman–Crippen MR) is 124 cm³/mol. The summed E-state index contributed by atoms with van der Waals surface area (Å²) in [5, 5.41) is 13.6. The molecular formula is C20H34IN5O. The number of halogens is 1. The van der Waals surface area contributed by atoms with Gasteiger partial charge in [0, 0.05) is 52.4 Å². The quantitative estimate of drug-likeness (QED) is 0.389. The summed E-state index contributed by atoms with van der Waals surface area (Å²) in [5.74, 6) is 1.35. The van der Waals surface area contributed by atoms with Crippen LogP contribution in [0.1, 0.15) is 26.2 Å². The smallest absolute Gasteiger partial charge is 0.193 e. The molecule has 0 bridgehead atoms. The Bertz CT molecular complexity index is 604. The molecule has 2 aliphatic rings. The first-order valence-corrected chi connectivity index (χ1v) is 9.91. The van der Waals surface area contributed by atoms with Crippen LogP contribution in [-0.2, 0) is 0 Å². The number of hydrogen-bond donors (Lipinski definition) is 2. The number of likely N-dealkylation sites (tertiary alicyclic amines) is 1. The minimum atomic E-state index is 0. The lowest BCUT2D eigenvalue weighted by Crippen LogP contribution is -2.53. The van der Waals surface area contributed by atoms with Crippen LogP contribution in [0.4, 0.5) is 5.69 Å². The van der Waals surface area contributed by atoms with Crippen molar-refractivity contribution in [2.75, 3.05) is 57.8 Å². The van der Waals surface area contributed by atoms with Crippen LogP contribution in [0.5, 0.6) is 5.75 Å². The monoisotopic (exact) mass is 487 g/mol. The number of aromatic hydroxyl groups is 1. The number of rotatable bonds is 4. The summed E-state index contributed by atoms with van der Waals surface area (Å²) < 4.78 is 0. The molecule has 2 heterocycles. The molecule has 1 aromatic carbocycles. The van der Waals surface area contributed by atoms with Crippen LogP contribution in [0.2, 0.25) is 0 Å². The fraction of sp³-hybridized carbons (Fsp3) is 0.650. The molecule has 7 heteroatoms. The van der Waals surface area contributed by atoms with E-state index in [4.69, 9.17) is 0 Å². The van der Waals surface area contributed by atoms with Gasteiger partial charge in [-0.3, -0.25) is 9.89 Å². The minimum Gasteiger partial charge on any atom is -0.506 e. The lowest BCUT2D eigenvalue weighted by molar-refractivity contribution is 0.163. The average Bonchev–Trinajstić information content (AvgIpc) is 2.67. The van der Waals surface area contributed by atoms with Crippen LogP contribution >= 0.6 is 24.0 Å². The summed E-state index contributed by atoms with van der Waals surface area (Å²) in [5.41, 5.74) is 0.925. The lowest BCUT2D eigenvalue weighted by Gasteiger charge is -2.38. The number of nitrogens with one attached hydrogen (secondary N) is 1. The normalized spacial score (nSPS) is 21.7. The van der Waals surface area contributed by atoms with Crippen LogP contribution in [0.25, 0.3) is 0 Å². The molecule has 0 spiro atoms. The van der Waals surface area contributed by atoms with Gasteiger partial charge in [-0.1, -0.05) is 18.6 Å². The molecule has 152 valence electrons.